The van der Waals surface area contributed by atoms with E-state index in [2.05, 4.69) is 5.32 Å². The van der Waals surface area contributed by atoms with Crippen LogP contribution in [-0.2, 0) is 16.0 Å². The van der Waals surface area contributed by atoms with Crippen LogP contribution in [0.15, 0.2) is 24.3 Å². The monoisotopic (exact) mass is 344 g/mol. The molecule has 1 saturated carbocycles. The molecule has 0 aromatic heterocycles. The van der Waals surface area contributed by atoms with Gasteiger partial charge in [-0.1, -0.05) is 31.4 Å². The minimum atomic E-state index is -0.0298. The van der Waals surface area contributed by atoms with Crippen LogP contribution in [0.4, 0.5) is 0 Å². The Hall–Kier alpha value is -2.04. The smallest absolute Gasteiger partial charge is 0.224 e. The first kappa shape index (κ1) is 17.8. The molecule has 1 N–H and O–H groups in total. The molecule has 2 aliphatic rings. The van der Waals surface area contributed by atoms with E-state index in [1.807, 2.05) is 29.2 Å². The van der Waals surface area contributed by atoms with Crippen LogP contribution in [0.5, 0.6) is 5.75 Å². The van der Waals surface area contributed by atoms with Gasteiger partial charge >= 0.3 is 0 Å². The van der Waals surface area contributed by atoms with Gasteiger partial charge in [0.25, 0.3) is 0 Å². The van der Waals surface area contributed by atoms with E-state index in [1.165, 1.54) is 12.0 Å². The van der Waals surface area contributed by atoms with Gasteiger partial charge in [-0.05, 0) is 37.0 Å². The van der Waals surface area contributed by atoms with Crippen molar-refractivity contribution in [3.63, 3.8) is 0 Å². The minimum Gasteiger partial charge on any atom is -0.497 e. The molecular weight excluding hydrogens is 316 g/mol. The molecular formula is C20H28N2O3. The fourth-order valence-electron chi connectivity index (χ4n) is 3.83. The Morgan fingerprint density at radius 3 is 2.60 bits per heavy atom. The standard InChI is InChI=1S/C20H28N2O3/c1-25-18-9-7-15(8-10-18)11-12-22-14-17(13-19(22)23)21-20(24)16-5-3-2-4-6-16/h7-10,16-17H,2-6,11-14H2,1H3,(H,21,24). The van der Waals surface area contributed by atoms with Crippen LogP contribution in [0.3, 0.4) is 0 Å². The van der Waals surface area contributed by atoms with Crippen molar-refractivity contribution in [2.24, 2.45) is 5.92 Å². The van der Waals surface area contributed by atoms with E-state index >= 15 is 0 Å². The molecule has 2 amide bonds. The molecule has 1 aliphatic heterocycles. The molecule has 0 bridgehead atoms. The molecule has 1 saturated heterocycles. The summed E-state index contributed by atoms with van der Waals surface area (Å²) in [7, 11) is 1.65. The molecule has 1 unspecified atom stereocenters. The van der Waals surface area contributed by atoms with Gasteiger partial charge in [-0.15, -0.1) is 0 Å². The summed E-state index contributed by atoms with van der Waals surface area (Å²) in [5.74, 6) is 1.28. The lowest BCUT2D eigenvalue weighted by molar-refractivity contribution is -0.127. The summed E-state index contributed by atoms with van der Waals surface area (Å²) >= 11 is 0. The predicted molar refractivity (Wildman–Crippen MR) is 96.4 cm³/mol. The van der Waals surface area contributed by atoms with Crippen LogP contribution in [0.1, 0.15) is 44.1 Å². The van der Waals surface area contributed by atoms with Crippen molar-refractivity contribution in [2.75, 3.05) is 20.2 Å². The second-order valence-corrected chi connectivity index (χ2v) is 7.18. The van der Waals surface area contributed by atoms with Gasteiger partial charge in [0.05, 0.1) is 13.2 Å². The number of hydrogen-bond donors (Lipinski definition) is 1. The molecule has 5 nitrogen and oxygen atoms in total. The van der Waals surface area contributed by atoms with E-state index < -0.39 is 0 Å². The summed E-state index contributed by atoms with van der Waals surface area (Å²) in [5, 5.41) is 3.10. The Morgan fingerprint density at radius 1 is 1.20 bits per heavy atom. The fraction of sp³-hybridized carbons (Fsp3) is 0.600. The third-order valence-corrected chi connectivity index (χ3v) is 5.37. The summed E-state index contributed by atoms with van der Waals surface area (Å²) in [6.45, 7) is 1.33. The Bertz CT molecular complexity index is 593. The van der Waals surface area contributed by atoms with E-state index in [9.17, 15) is 9.59 Å². The van der Waals surface area contributed by atoms with Crippen LogP contribution in [0.2, 0.25) is 0 Å². The molecule has 1 aliphatic carbocycles. The van der Waals surface area contributed by atoms with E-state index in [4.69, 9.17) is 4.74 Å². The van der Waals surface area contributed by atoms with Gasteiger partial charge in [0.1, 0.15) is 5.75 Å². The number of nitrogens with one attached hydrogen (secondary N) is 1. The molecule has 0 spiro atoms. The lowest BCUT2D eigenvalue weighted by Crippen LogP contribution is -2.41. The van der Waals surface area contributed by atoms with Crippen LogP contribution < -0.4 is 10.1 Å². The molecule has 3 rings (SSSR count). The highest BCUT2D eigenvalue weighted by Gasteiger charge is 2.32. The Kier molecular flexibility index (Phi) is 5.95. The first-order chi connectivity index (χ1) is 12.2. The number of likely N-dealkylation sites (tertiary alicyclic amines) is 1. The number of benzene rings is 1. The molecule has 136 valence electrons. The lowest BCUT2D eigenvalue weighted by Gasteiger charge is -2.23. The number of nitrogens with zero attached hydrogens (tertiary/aromatic N) is 1. The Balaban J connectivity index is 1.45. The maximum Gasteiger partial charge on any atom is 0.224 e. The van der Waals surface area contributed by atoms with Gasteiger partial charge in [-0.3, -0.25) is 9.59 Å². The first-order valence-corrected chi connectivity index (χ1v) is 9.37. The van der Waals surface area contributed by atoms with Crippen LogP contribution >= 0.6 is 0 Å². The number of carbonyl (C=O) groups excluding carboxylic acids is 2. The zero-order valence-electron chi connectivity index (χ0n) is 15.0. The molecule has 1 aromatic carbocycles. The van der Waals surface area contributed by atoms with E-state index in [0.717, 1.165) is 37.9 Å². The maximum atomic E-state index is 12.4. The number of hydrogen-bond acceptors (Lipinski definition) is 3. The van der Waals surface area contributed by atoms with E-state index in [1.54, 1.807) is 7.11 Å². The van der Waals surface area contributed by atoms with Gasteiger partial charge in [-0.25, -0.2) is 0 Å². The van der Waals surface area contributed by atoms with Crippen molar-refractivity contribution < 1.29 is 14.3 Å². The second kappa shape index (κ2) is 8.37. The van der Waals surface area contributed by atoms with Gasteiger partial charge in [0.2, 0.25) is 11.8 Å². The molecule has 5 heteroatoms. The third-order valence-electron chi connectivity index (χ3n) is 5.37. The summed E-state index contributed by atoms with van der Waals surface area (Å²) in [6, 6.07) is 7.91. The normalized spacial score (nSPS) is 21.4. The Morgan fingerprint density at radius 2 is 1.92 bits per heavy atom. The number of amides is 2. The number of ether oxygens (including phenoxy) is 1. The number of methoxy groups -OCH3 is 1. The molecule has 0 radical (unpaired) electrons. The molecule has 1 atom stereocenters. The van der Waals surface area contributed by atoms with Crippen molar-refractivity contribution in [1.29, 1.82) is 0 Å². The topological polar surface area (TPSA) is 58.6 Å². The molecule has 1 aromatic rings. The van der Waals surface area contributed by atoms with Crippen molar-refractivity contribution in [3.8, 4) is 5.75 Å². The number of rotatable bonds is 6. The van der Waals surface area contributed by atoms with Crippen LogP contribution in [0, 0.1) is 5.92 Å². The van der Waals surface area contributed by atoms with Crippen molar-refractivity contribution in [3.05, 3.63) is 29.8 Å². The predicted octanol–water partition coefficient (Wildman–Crippen LogP) is 2.54. The van der Waals surface area contributed by atoms with E-state index in [-0.39, 0.29) is 23.8 Å². The summed E-state index contributed by atoms with van der Waals surface area (Å²) in [4.78, 5) is 26.4. The maximum absolute atomic E-state index is 12.4. The van der Waals surface area contributed by atoms with Crippen LogP contribution in [0.25, 0.3) is 0 Å². The highest BCUT2D eigenvalue weighted by Crippen LogP contribution is 2.24. The van der Waals surface area contributed by atoms with Gasteiger partial charge in [-0.2, -0.15) is 0 Å². The van der Waals surface area contributed by atoms with Crippen molar-refractivity contribution in [2.45, 2.75) is 51.0 Å². The van der Waals surface area contributed by atoms with Gasteiger partial charge in [0.15, 0.2) is 0 Å². The largest absolute Gasteiger partial charge is 0.497 e. The summed E-state index contributed by atoms with van der Waals surface area (Å²) in [6.07, 6.45) is 6.78. The number of carbonyl (C=O) groups is 2. The highest BCUT2D eigenvalue weighted by atomic mass is 16.5. The lowest BCUT2D eigenvalue weighted by atomic mass is 9.88. The van der Waals surface area contributed by atoms with Crippen molar-refractivity contribution in [1.82, 2.24) is 10.2 Å². The zero-order valence-corrected chi connectivity index (χ0v) is 15.0. The minimum absolute atomic E-state index is 0.0298. The summed E-state index contributed by atoms with van der Waals surface area (Å²) < 4.78 is 5.16. The molecule has 1 heterocycles. The van der Waals surface area contributed by atoms with E-state index in [0.29, 0.717) is 19.5 Å². The average molecular weight is 344 g/mol. The second-order valence-electron chi connectivity index (χ2n) is 7.18. The van der Waals surface area contributed by atoms with Gasteiger partial charge in [0, 0.05) is 25.4 Å². The first-order valence-electron chi connectivity index (χ1n) is 9.37. The molecule has 2 fully saturated rings. The van der Waals surface area contributed by atoms with Gasteiger partial charge < -0.3 is 15.0 Å². The molecule has 25 heavy (non-hydrogen) atoms. The Labute approximate surface area is 149 Å². The highest BCUT2D eigenvalue weighted by molar-refractivity contribution is 5.83. The fourth-order valence-corrected chi connectivity index (χ4v) is 3.83. The van der Waals surface area contributed by atoms with Crippen molar-refractivity contribution >= 4 is 11.8 Å². The summed E-state index contributed by atoms with van der Waals surface area (Å²) in [5.41, 5.74) is 1.18. The third kappa shape index (κ3) is 4.74. The van der Waals surface area contributed by atoms with Crippen LogP contribution in [-0.4, -0.2) is 43.0 Å². The SMILES string of the molecule is COc1ccc(CCN2CC(NC(=O)C3CCCCC3)CC2=O)cc1. The quantitative estimate of drug-likeness (QED) is 0.863. The zero-order chi connectivity index (χ0) is 17.6. The average Bonchev–Trinajstić information content (AvgIpc) is 3.00.